The fraction of sp³-hybridized carbons (Fsp3) is 0.333. The van der Waals surface area contributed by atoms with Gasteiger partial charge in [0.1, 0.15) is 13.2 Å². The summed E-state index contributed by atoms with van der Waals surface area (Å²) in [5, 5.41) is 0. The van der Waals surface area contributed by atoms with Crippen LogP contribution in [0.15, 0.2) is 23.8 Å². The lowest BCUT2D eigenvalue weighted by Crippen LogP contribution is -2.00. The van der Waals surface area contributed by atoms with Crippen LogP contribution in [0.5, 0.6) is 11.5 Å². The maximum Gasteiger partial charge on any atom is 0.163 e. The van der Waals surface area contributed by atoms with E-state index in [2.05, 4.69) is 43.6 Å². The van der Waals surface area contributed by atoms with Gasteiger partial charge in [0, 0.05) is 0 Å². The smallest absolute Gasteiger partial charge is 0.163 e. The van der Waals surface area contributed by atoms with E-state index in [4.69, 9.17) is 9.47 Å². The predicted octanol–water partition coefficient (Wildman–Crippen LogP) is 3.91. The summed E-state index contributed by atoms with van der Waals surface area (Å²) in [6, 6.07) is 5.86. The van der Waals surface area contributed by atoms with Gasteiger partial charge in [0.15, 0.2) is 11.5 Å². The highest BCUT2D eigenvalue weighted by molar-refractivity contribution is 5.57. The summed E-state index contributed by atoms with van der Waals surface area (Å²) in [6.45, 7) is 8.40. The molecule has 0 bridgehead atoms. The minimum atomic E-state index is 0.352. The average Bonchev–Trinajstić information content (AvgIpc) is 2.41. The van der Waals surface area contributed by atoms with Gasteiger partial charge in [-0.2, -0.15) is 0 Å². The zero-order valence-electron chi connectivity index (χ0n) is 12.5. The fourth-order valence-electron chi connectivity index (χ4n) is 1.55. The van der Waals surface area contributed by atoms with Crippen LogP contribution in [0.3, 0.4) is 0 Å². The Morgan fingerprint density at radius 1 is 1.00 bits per heavy atom. The summed E-state index contributed by atoms with van der Waals surface area (Å²) in [4.78, 5) is 0. The van der Waals surface area contributed by atoms with Crippen molar-refractivity contribution in [1.82, 2.24) is 0 Å². The molecule has 0 radical (unpaired) electrons. The molecule has 0 aliphatic rings. The second kappa shape index (κ2) is 8.73. The number of rotatable bonds is 5. The fourth-order valence-corrected chi connectivity index (χ4v) is 1.55. The summed E-state index contributed by atoms with van der Waals surface area (Å²) >= 11 is 0. The van der Waals surface area contributed by atoms with Crippen LogP contribution in [0.2, 0.25) is 0 Å². The Hall–Kier alpha value is -2.32. The van der Waals surface area contributed by atoms with Gasteiger partial charge in [-0.05, 0) is 45.4 Å². The van der Waals surface area contributed by atoms with Gasteiger partial charge in [-0.3, -0.25) is 0 Å². The van der Waals surface area contributed by atoms with E-state index >= 15 is 0 Å². The van der Waals surface area contributed by atoms with E-state index in [0.29, 0.717) is 24.7 Å². The maximum atomic E-state index is 5.65. The molecular weight excluding hydrogens is 248 g/mol. The van der Waals surface area contributed by atoms with Crippen LogP contribution < -0.4 is 9.47 Å². The molecule has 2 nitrogen and oxygen atoms in total. The van der Waals surface area contributed by atoms with Crippen molar-refractivity contribution >= 4 is 6.08 Å². The first kappa shape index (κ1) is 15.7. The molecule has 0 unspecified atom stereocenters. The lowest BCUT2D eigenvalue weighted by Gasteiger charge is -2.11. The maximum absolute atomic E-state index is 5.65. The topological polar surface area (TPSA) is 18.5 Å². The number of benzene rings is 1. The lowest BCUT2D eigenvalue weighted by atomic mass is 10.1. The monoisotopic (exact) mass is 268 g/mol. The first-order chi connectivity index (χ1) is 9.67. The first-order valence-electron chi connectivity index (χ1n) is 6.51. The molecule has 0 atom stereocenters. The van der Waals surface area contributed by atoms with Crippen LogP contribution >= 0.6 is 0 Å². The Morgan fingerprint density at radius 3 is 2.15 bits per heavy atom. The largest absolute Gasteiger partial charge is 0.477 e. The molecule has 20 heavy (non-hydrogen) atoms. The molecular formula is C18H20O2. The van der Waals surface area contributed by atoms with Crippen LogP contribution in [0.25, 0.3) is 6.08 Å². The van der Waals surface area contributed by atoms with E-state index in [1.807, 2.05) is 18.2 Å². The van der Waals surface area contributed by atoms with Gasteiger partial charge >= 0.3 is 0 Å². The van der Waals surface area contributed by atoms with Crippen LogP contribution in [0, 0.1) is 23.7 Å². The summed E-state index contributed by atoms with van der Waals surface area (Å²) in [5.74, 6) is 12.7. The third kappa shape index (κ3) is 5.55. The molecule has 0 spiro atoms. The second-order valence-corrected chi connectivity index (χ2v) is 4.36. The molecule has 0 saturated heterocycles. The first-order valence-corrected chi connectivity index (χ1v) is 6.51. The molecule has 1 aromatic carbocycles. The molecule has 0 heterocycles. The molecule has 0 N–H and O–H groups in total. The zero-order valence-corrected chi connectivity index (χ0v) is 12.5. The second-order valence-electron chi connectivity index (χ2n) is 4.36. The van der Waals surface area contributed by atoms with Crippen molar-refractivity contribution in [3.8, 4) is 35.2 Å². The molecule has 1 rings (SSSR count). The van der Waals surface area contributed by atoms with Gasteiger partial charge in [0.2, 0.25) is 0 Å². The predicted molar refractivity (Wildman–Crippen MR) is 83.7 cm³/mol. The van der Waals surface area contributed by atoms with E-state index in [0.717, 1.165) is 5.56 Å². The lowest BCUT2D eigenvalue weighted by molar-refractivity contribution is 0.314. The summed E-state index contributed by atoms with van der Waals surface area (Å²) in [5.41, 5.74) is 2.31. The third-order valence-corrected chi connectivity index (χ3v) is 2.38. The van der Waals surface area contributed by atoms with Crippen molar-refractivity contribution in [3.63, 3.8) is 0 Å². The SMILES string of the molecule is CC#CCOc1ccc(C=C(C)C)cc1OCC#CC. The molecule has 1 aromatic rings. The van der Waals surface area contributed by atoms with Crippen molar-refractivity contribution < 1.29 is 9.47 Å². The summed E-state index contributed by atoms with van der Waals surface area (Å²) < 4.78 is 11.3. The van der Waals surface area contributed by atoms with Crippen LogP contribution in [0.1, 0.15) is 33.3 Å². The molecule has 0 aromatic heterocycles. The molecule has 0 aliphatic heterocycles. The van der Waals surface area contributed by atoms with Gasteiger partial charge in [0.05, 0.1) is 0 Å². The van der Waals surface area contributed by atoms with Gasteiger partial charge in [-0.25, -0.2) is 0 Å². The number of hydrogen-bond acceptors (Lipinski definition) is 2. The highest BCUT2D eigenvalue weighted by Crippen LogP contribution is 2.29. The van der Waals surface area contributed by atoms with Gasteiger partial charge in [-0.15, -0.1) is 11.8 Å². The minimum absolute atomic E-state index is 0.352. The molecule has 0 aliphatic carbocycles. The Morgan fingerprint density at radius 2 is 1.60 bits per heavy atom. The van der Waals surface area contributed by atoms with Crippen molar-refractivity contribution in [1.29, 1.82) is 0 Å². The van der Waals surface area contributed by atoms with Crippen molar-refractivity contribution in [3.05, 3.63) is 29.3 Å². The van der Waals surface area contributed by atoms with E-state index in [-0.39, 0.29) is 0 Å². The van der Waals surface area contributed by atoms with Gasteiger partial charge in [0.25, 0.3) is 0 Å². The Kier molecular flexibility index (Phi) is 6.87. The Labute approximate surface area is 121 Å². The zero-order chi connectivity index (χ0) is 14.8. The Bertz CT molecular complexity index is 585. The summed E-state index contributed by atoms with van der Waals surface area (Å²) in [6.07, 6.45) is 2.09. The standard InChI is InChI=1S/C18H20O2/c1-5-7-11-19-17-10-9-16(13-15(3)4)14-18(17)20-12-8-6-2/h9-10,13-14H,11-12H2,1-4H3. The van der Waals surface area contributed by atoms with Crippen molar-refractivity contribution in [2.45, 2.75) is 27.7 Å². The number of allylic oxidation sites excluding steroid dienone is 1. The van der Waals surface area contributed by atoms with Gasteiger partial charge < -0.3 is 9.47 Å². The average molecular weight is 268 g/mol. The molecule has 2 heteroatoms. The van der Waals surface area contributed by atoms with Crippen LogP contribution in [-0.2, 0) is 0 Å². The van der Waals surface area contributed by atoms with E-state index in [1.165, 1.54) is 5.57 Å². The quantitative estimate of drug-likeness (QED) is 0.754. The molecule has 0 fully saturated rings. The van der Waals surface area contributed by atoms with Gasteiger partial charge in [-0.1, -0.05) is 29.6 Å². The van der Waals surface area contributed by atoms with Crippen molar-refractivity contribution in [2.75, 3.05) is 13.2 Å². The normalized spacial score (nSPS) is 8.60. The molecule has 0 amide bonds. The summed E-state index contributed by atoms with van der Waals surface area (Å²) in [7, 11) is 0. The van der Waals surface area contributed by atoms with Crippen molar-refractivity contribution in [2.24, 2.45) is 0 Å². The highest BCUT2D eigenvalue weighted by Gasteiger charge is 2.05. The van der Waals surface area contributed by atoms with E-state index in [1.54, 1.807) is 13.8 Å². The number of hydrogen-bond donors (Lipinski definition) is 0. The third-order valence-electron chi connectivity index (χ3n) is 2.38. The van der Waals surface area contributed by atoms with Crippen LogP contribution in [0.4, 0.5) is 0 Å². The molecule has 104 valence electrons. The number of ether oxygens (including phenoxy) is 2. The Balaban J connectivity index is 2.96. The minimum Gasteiger partial charge on any atom is -0.477 e. The highest BCUT2D eigenvalue weighted by atomic mass is 16.5. The van der Waals surface area contributed by atoms with E-state index in [9.17, 15) is 0 Å². The molecule has 0 saturated carbocycles. The van der Waals surface area contributed by atoms with E-state index < -0.39 is 0 Å². The van der Waals surface area contributed by atoms with Crippen LogP contribution in [-0.4, -0.2) is 13.2 Å².